The van der Waals surface area contributed by atoms with Gasteiger partial charge in [-0.25, -0.2) is 9.48 Å². The highest BCUT2D eigenvalue weighted by atomic mass is 16.6. The third kappa shape index (κ3) is 11.2. The molecule has 0 bridgehead atoms. The molecule has 0 fully saturated rings. The molecule has 0 atom stereocenters. The molecule has 0 unspecified atom stereocenters. The highest BCUT2D eigenvalue weighted by molar-refractivity contribution is 5.84. The number of benzene rings is 2. The summed E-state index contributed by atoms with van der Waals surface area (Å²) in [5.74, 6) is 1.50. The van der Waals surface area contributed by atoms with E-state index in [0.717, 1.165) is 17.9 Å². The molecular formula is C28H38N4O6. The van der Waals surface area contributed by atoms with Crippen molar-refractivity contribution in [2.45, 2.75) is 52.9 Å². The van der Waals surface area contributed by atoms with E-state index >= 15 is 0 Å². The van der Waals surface area contributed by atoms with Gasteiger partial charge in [-0.1, -0.05) is 24.3 Å². The summed E-state index contributed by atoms with van der Waals surface area (Å²) in [7, 11) is 0. The summed E-state index contributed by atoms with van der Waals surface area (Å²) >= 11 is 0. The molecule has 0 spiro atoms. The first-order valence-electron chi connectivity index (χ1n) is 12.8. The lowest BCUT2D eigenvalue weighted by molar-refractivity contribution is 0.0333. The van der Waals surface area contributed by atoms with E-state index in [2.05, 4.69) is 34.7 Å². The first-order chi connectivity index (χ1) is 18.3. The van der Waals surface area contributed by atoms with Gasteiger partial charge < -0.3 is 23.7 Å². The summed E-state index contributed by atoms with van der Waals surface area (Å²) < 4.78 is 29.5. The zero-order valence-electron chi connectivity index (χ0n) is 22.6. The monoisotopic (exact) mass is 526 g/mol. The predicted octanol–water partition coefficient (Wildman–Crippen LogP) is 4.88. The Balaban J connectivity index is 1.19. The second-order valence-electron chi connectivity index (χ2n) is 9.48. The first kappa shape index (κ1) is 28.9. The molecule has 10 heteroatoms. The molecule has 0 aliphatic heterocycles. The minimum absolute atomic E-state index is 0.370. The molecule has 3 rings (SSSR count). The molecule has 1 N–H and O–H groups in total. The van der Waals surface area contributed by atoms with Crippen molar-refractivity contribution in [1.29, 1.82) is 0 Å². The molecule has 0 aliphatic rings. The number of aryl methyl sites for hydroxylation is 1. The Kier molecular flexibility index (Phi) is 11.4. The minimum atomic E-state index is -0.544. The van der Waals surface area contributed by atoms with E-state index in [9.17, 15) is 4.79 Å². The molecular weight excluding hydrogens is 488 g/mol. The van der Waals surface area contributed by atoms with Crippen LogP contribution in [0.2, 0.25) is 0 Å². The number of carbonyl (C=O) groups excluding carboxylic acids is 1. The van der Waals surface area contributed by atoms with Crippen LogP contribution in [0.25, 0.3) is 0 Å². The molecule has 1 heterocycles. The third-order valence-corrected chi connectivity index (χ3v) is 5.14. The van der Waals surface area contributed by atoms with Crippen molar-refractivity contribution in [2.24, 2.45) is 0 Å². The van der Waals surface area contributed by atoms with Crippen molar-refractivity contribution in [2.75, 3.05) is 38.4 Å². The molecule has 10 nitrogen and oxygen atoms in total. The fourth-order valence-electron chi connectivity index (χ4n) is 3.25. The normalized spacial score (nSPS) is 11.3. The summed E-state index contributed by atoms with van der Waals surface area (Å²) in [4.78, 5) is 11.8. The van der Waals surface area contributed by atoms with Gasteiger partial charge in [-0.3, -0.25) is 5.32 Å². The van der Waals surface area contributed by atoms with Crippen LogP contribution in [0.4, 0.5) is 10.5 Å². The Morgan fingerprint density at radius 2 is 1.50 bits per heavy atom. The molecule has 1 aromatic heterocycles. The highest BCUT2D eigenvalue weighted by Crippen LogP contribution is 2.17. The SMILES string of the molecule is CCc1ccc(OCc2cn(CCOCCOCCOc3ccc(NC(=O)OC(C)(C)C)cc3)nn2)cc1. The molecule has 0 radical (unpaired) electrons. The first-order valence-corrected chi connectivity index (χ1v) is 12.8. The minimum Gasteiger partial charge on any atom is -0.491 e. The van der Waals surface area contributed by atoms with E-state index in [4.69, 9.17) is 23.7 Å². The second-order valence-corrected chi connectivity index (χ2v) is 9.48. The van der Waals surface area contributed by atoms with Crippen LogP contribution >= 0.6 is 0 Å². The predicted molar refractivity (Wildman–Crippen MR) is 144 cm³/mol. The third-order valence-electron chi connectivity index (χ3n) is 5.14. The van der Waals surface area contributed by atoms with Crippen LogP contribution < -0.4 is 14.8 Å². The van der Waals surface area contributed by atoms with E-state index < -0.39 is 11.7 Å². The lowest BCUT2D eigenvalue weighted by Crippen LogP contribution is -2.27. The van der Waals surface area contributed by atoms with Crippen LogP contribution in [0, 0.1) is 0 Å². The molecule has 3 aromatic rings. The van der Waals surface area contributed by atoms with Gasteiger partial charge in [0.1, 0.15) is 36.0 Å². The van der Waals surface area contributed by atoms with Gasteiger partial charge >= 0.3 is 6.09 Å². The van der Waals surface area contributed by atoms with Crippen LogP contribution in [-0.2, 0) is 33.8 Å². The number of hydrogen-bond donors (Lipinski definition) is 1. The Hall–Kier alpha value is -3.63. The Morgan fingerprint density at radius 3 is 2.18 bits per heavy atom. The molecule has 0 saturated carbocycles. The van der Waals surface area contributed by atoms with E-state index in [-0.39, 0.29) is 0 Å². The van der Waals surface area contributed by atoms with Crippen molar-refractivity contribution in [3.63, 3.8) is 0 Å². The smallest absolute Gasteiger partial charge is 0.412 e. The van der Waals surface area contributed by atoms with Crippen molar-refractivity contribution in [3.8, 4) is 11.5 Å². The number of ether oxygens (including phenoxy) is 5. The van der Waals surface area contributed by atoms with Gasteiger partial charge in [0, 0.05) is 5.69 Å². The van der Waals surface area contributed by atoms with Crippen LogP contribution in [0.1, 0.15) is 39.0 Å². The number of nitrogens with one attached hydrogen (secondary N) is 1. The molecule has 38 heavy (non-hydrogen) atoms. The van der Waals surface area contributed by atoms with Crippen LogP contribution in [0.3, 0.4) is 0 Å². The van der Waals surface area contributed by atoms with E-state index in [1.165, 1.54) is 5.56 Å². The number of nitrogens with zero attached hydrogens (tertiary/aromatic N) is 3. The fourth-order valence-corrected chi connectivity index (χ4v) is 3.25. The number of hydrogen-bond acceptors (Lipinski definition) is 8. The van der Waals surface area contributed by atoms with Gasteiger partial charge in [-0.05, 0) is 69.2 Å². The Bertz CT molecular complexity index is 1090. The molecule has 2 aromatic carbocycles. The number of carbonyl (C=O) groups is 1. The molecule has 0 saturated heterocycles. The maximum atomic E-state index is 11.8. The zero-order chi connectivity index (χ0) is 27.2. The quantitative estimate of drug-likeness (QED) is 0.279. The van der Waals surface area contributed by atoms with E-state index in [1.54, 1.807) is 28.9 Å². The average molecular weight is 527 g/mol. The molecule has 206 valence electrons. The van der Waals surface area contributed by atoms with Gasteiger partial charge in [-0.2, -0.15) is 0 Å². The van der Waals surface area contributed by atoms with Gasteiger partial charge in [-0.15, -0.1) is 5.10 Å². The van der Waals surface area contributed by atoms with Gasteiger partial charge in [0.15, 0.2) is 0 Å². The van der Waals surface area contributed by atoms with Crippen LogP contribution in [0.5, 0.6) is 11.5 Å². The standard InChI is InChI=1S/C28H38N4O6/c1-5-22-6-10-26(11-7-22)37-21-24-20-32(31-30-24)14-15-34-16-17-35-18-19-36-25-12-8-23(9-13-25)29-27(33)38-28(2,3)4/h6-13,20H,5,14-19,21H2,1-4H3,(H,29,33). The highest BCUT2D eigenvalue weighted by Gasteiger charge is 2.16. The number of rotatable bonds is 15. The van der Waals surface area contributed by atoms with Crippen molar-refractivity contribution in [1.82, 2.24) is 15.0 Å². The van der Waals surface area contributed by atoms with Crippen molar-refractivity contribution < 1.29 is 28.5 Å². The Labute approximate surface area is 224 Å². The molecule has 1 amide bonds. The zero-order valence-corrected chi connectivity index (χ0v) is 22.6. The summed E-state index contributed by atoms with van der Waals surface area (Å²) in [5, 5.41) is 10.9. The number of anilines is 1. The lowest BCUT2D eigenvalue weighted by atomic mass is 10.2. The summed E-state index contributed by atoms with van der Waals surface area (Å²) in [6.07, 6.45) is 2.37. The second kappa shape index (κ2) is 14.9. The number of amides is 1. The van der Waals surface area contributed by atoms with Crippen LogP contribution in [-0.4, -0.2) is 59.7 Å². The summed E-state index contributed by atoms with van der Waals surface area (Å²) in [6.45, 7) is 10.8. The van der Waals surface area contributed by atoms with E-state index in [1.807, 2.05) is 39.1 Å². The Morgan fingerprint density at radius 1 is 0.868 bits per heavy atom. The lowest BCUT2D eigenvalue weighted by Gasteiger charge is -2.19. The largest absolute Gasteiger partial charge is 0.491 e. The van der Waals surface area contributed by atoms with E-state index in [0.29, 0.717) is 57.6 Å². The maximum absolute atomic E-state index is 11.8. The maximum Gasteiger partial charge on any atom is 0.412 e. The van der Waals surface area contributed by atoms with Crippen molar-refractivity contribution >= 4 is 11.8 Å². The summed E-state index contributed by atoms with van der Waals surface area (Å²) in [5.41, 5.74) is 2.13. The van der Waals surface area contributed by atoms with Crippen molar-refractivity contribution in [3.05, 3.63) is 66.0 Å². The fraction of sp³-hybridized carbons (Fsp3) is 0.464. The average Bonchev–Trinajstić information content (AvgIpc) is 3.34. The van der Waals surface area contributed by atoms with Crippen LogP contribution in [0.15, 0.2) is 54.7 Å². The van der Waals surface area contributed by atoms with Gasteiger partial charge in [0.25, 0.3) is 0 Å². The topological polar surface area (TPSA) is 106 Å². The number of aromatic nitrogens is 3. The molecule has 0 aliphatic carbocycles. The van der Waals surface area contributed by atoms with Gasteiger partial charge in [0.05, 0.1) is 39.2 Å². The summed E-state index contributed by atoms with van der Waals surface area (Å²) in [6, 6.07) is 15.1. The van der Waals surface area contributed by atoms with Gasteiger partial charge in [0.2, 0.25) is 0 Å².